The van der Waals surface area contributed by atoms with Crippen LogP contribution in [-0.4, -0.2) is 53.6 Å². The minimum atomic E-state index is -0.841. The lowest BCUT2D eigenvalue weighted by Crippen LogP contribution is -2.65. The first kappa shape index (κ1) is 22.6. The fourth-order valence-corrected chi connectivity index (χ4v) is 5.62. The molecule has 0 saturated carbocycles. The van der Waals surface area contributed by atoms with Gasteiger partial charge in [-0.3, -0.25) is 14.6 Å². The molecule has 0 spiro atoms. The minimum Gasteiger partial charge on any atom is -0.467 e. The number of urea groups is 1. The number of hydrogen-bond donors (Lipinski definition) is 1. The van der Waals surface area contributed by atoms with Gasteiger partial charge in [-0.05, 0) is 36.8 Å². The van der Waals surface area contributed by atoms with Gasteiger partial charge in [0.1, 0.15) is 5.75 Å². The van der Waals surface area contributed by atoms with Gasteiger partial charge in [0, 0.05) is 50.3 Å². The van der Waals surface area contributed by atoms with Crippen LogP contribution in [0.25, 0.3) is 0 Å². The summed E-state index contributed by atoms with van der Waals surface area (Å²) in [6, 6.07) is 25.3. The fraction of sp³-hybridized carbons (Fsp3) is 0.310. The van der Waals surface area contributed by atoms with Crippen LogP contribution in [0.4, 0.5) is 10.5 Å². The first-order valence-electron chi connectivity index (χ1n) is 12.5. The number of anilines is 1. The SMILES string of the molecule is C[C@@]12C[C@@H](NC(=O)N1c1cccc(C(=O)N3CCN(Cc4ccccc4)CC3)c1)c1ccccc1O2. The number of piperazine rings is 1. The summed E-state index contributed by atoms with van der Waals surface area (Å²) in [6.07, 6.45) is 0.622. The van der Waals surface area contributed by atoms with Crippen LogP contribution in [0.3, 0.4) is 0 Å². The number of fused-ring (bicyclic) bond motifs is 4. The Morgan fingerprint density at radius 3 is 2.53 bits per heavy atom. The van der Waals surface area contributed by atoms with Gasteiger partial charge in [0.05, 0.1) is 11.7 Å². The fourth-order valence-electron chi connectivity index (χ4n) is 5.62. The van der Waals surface area contributed by atoms with E-state index >= 15 is 0 Å². The third-order valence-corrected chi connectivity index (χ3v) is 7.44. The third-order valence-electron chi connectivity index (χ3n) is 7.44. The van der Waals surface area contributed by atoms with E-state index in [0.29, 0.717) is 30.8 Å². The number of rotatable bonds is 4. The molecule has 0 aromatic heterocycles. The van der Waals surface area contributed by atoms with Gasteiger partial charge in [0.25, 0.3) is 5.91 Å². The van der Waals surface area contributed by atoms with Crippen molar-refractivity contribution < 1.29 is 14.3 Å². The molecule has 7 heteroatoms. The minimum absolute atomic E-state index is 0.00781. The predicted octanol–water partition coefficient (Wildman–Crippen LogP) is 4.41. The zero-order chi connectivity index (χ0) is 24.7. The van der Waals surface area contributed by atoms with Gasteiger partial charge in [0.15, 0.2) is 5.72 Å². The standard InChI is InChI=1S/C29H30N4O3/c1-29-19-25(24-12-5-6-13-26(24)36-29)30-28(35)33(29)23-11-7-10-22(18-23)27(34)32-16-14-31(15-17-32)20-21-8-3-2-4-9-21/h2-13,18,25H,14-17,19-20H2,1H3,(H,30,35)/t25-,29-/m1/s1. The number of hydrogen-bond acceptors (Lipinski definition) is 4. The molecule has 184 valence electrons. The maximum Gasteiger partial charge on any atom is 0.325 e. The van der Waals surface area contributed by atoms with E-state index in [4.69, 9.17) is 4.74 Å². The number of para-hydroxylation sites is 1. The molecule has 3 aliphatic heterocycles. The average molecular weight is 483 g/mol. The second-order valence-corrected chi connectivity index (χ2v) is 9.96. The van der Waals surface area contributed by atoms with Gasteiger partial charge in [0.2, 0.25) is 0 Å². The molecule has 3 aromatic rings. The van der Waals surface area contributed by atoms with Crippen LogP contribution in [0.2, 0.25) is 0 Å². The molecule has 3 aromatic carbocycles. The molecule has 0 aliphatic carbocycles. The Kier molecular flexibility index (Phi) is 5.64. The van der Waals surface area contributed by atoms with E-state index in [1.165, 1.54) is 5.56 Å². The summed E-state index contributed by atoms with van der Waals surface area (Å²) < 4.78 is 6.37. The van der Waals surface area contributed by atoms with Gasteiger partial charge in [-0.1, -0.05) is 54.6 Å². The van der Waals surface area contributed by atoms with Gasteiger partial charge >= 0.3 is 6.03 Å². The van der Waals surface area contributed by atoms with Gasteiger partial charge < -0.3 is 15.0 Å². The first-order valence-corrected chi connectivity index (χ1v) is 12.5. The van der Waals surface area contributed by atoms with Gasteiger partial charge in [-0.15, -0.1) is 0 Å². The molecule has 3 heterocycles. The predicted molar refractivity (Wildman–Crippen MR) is 138 cm³/mol. The maximum atomic E-state index is 13.4. The zero-order valence-electron chi connectivity index (χ0n) is 20.4. The maximum absolute atomic E-state index is 13.4. The molecule has 2 bridgehead atoms. The molecule has 2 fully saturated rings. The Labute approximate surface area is 211 Å². The van der Waals surface area contributed by atoms with Crippen molar-refractivity contribution in [3.05, 3.63) is 95.6 Å². The van der Waals surface area contributed by atoms with Gasteiger partial charge in [-0.2, -0.15) is 0 Å². The van der Waals surface area contributed by atoms with Crippen molar-refractivity contribution in [3.63, 3.8) is 0 Å². The zero-order valence-corrected chi connectivity index (χ0v) is 20.4. The summed E-state index contributed by atoms with van der Waals surface area (Å²) in [7, 11) is 0. The summed E-state index contributed by atoms with van der Waals surface area (Å²) in [5, 5.41) is 3.12. The molecule has 2 atom stereocenters. The van der Waals surface area contributed by atoms with Crippen LogP contribution in [-0.2, 0) is 6.54 Å². The van der Waals surface area contributed by atoms with Crippen molar-refractivity contribution in [2.24, 2.45) is 0 Å². The molecule has 1 N–H and O–H groups in total. The van der Waals surface area contributed by atoms with Crippen LogP contribution in [0.1, 0.15) is 40.9 Å². The molecule has 0 unspecified atom stereocenters. The second-order valence-electron chi connectivity index (χ2n) is 9.96. The average Bonchev–Trinajstić information content (AvgIpc) is 2.89. The Morgan fingerprint density at radius 1 is 0.972 bits per heavy atom. The summed E-state index contributed by atoms with van der Waals surface area (Å²) in [4.78, 5) is 32.6. The van der Waals surface area contributed by atoms with E-state index in [1.54, 1.807) is 4.90 Å². The summed E-state index contributed by atoms with van der Waals surface area (Å²) in [5.41, 5.74) is 2.68. The second kappa shape index (κ2) is 8.99. The largest absolute Gasteiger partial charge is 0.467 e. The topological polar surface area (TPSA) is 65.1 Å². The van der Waals surface area contributed by atoms with E-state index < -0.39 is 5.72 Å². The van der Waals surface area contributed by atoms with Crippen molar-refractivity contribution in [1.29, 1.82) is 0 Å². The Hall–Kier alpha value is -3.84. The Morgan fingerprint density at radius 2 is 1.72 bits per heavy atom. The van der Waals surface area contributed by atoms with Crippen LogP contribution in [0, 0.1) is 0 Å². The van der Waals surface area contributed by atoms with E-state index in [2.05, 4.69) is 34.5 Å². The Bertz CT molecular complexity index is 1290. The lowest BCUT2D eigenvalue weighted by molar-refractivity contribution is 0.0378. The summed E-state index contributed by atoms with van der Waals surface area (Å²) in [6.45, 7) is 5.86. The number of amides is 3. The van der Waals surface area contributed by atoms with Crippen molar-refractivity contribution in [3.8, 4) is 5.75 Å². The Balaban J connectivity index is 1.18. The number of carbonyl (C=O) groups is 2. The third kappa shape index (κ3) is 4.09. The number of carbonyl (C=O) groups excluding carboxylic acids is 2. The van der Waals surface area contributed by atoms with Crippen LogP contribution < -0.4 is 15.0 Å². The van der Waals surface area contributed by atoms with Crippen molar-refractivity contribution >= 4 is 17.6 Å². The van der Waals surface area contributed by atoms with Crippen LogP contribution >= 0.6 is 0 Å². The number of nitrogens with zero attached hydrogens (tertiary/aromatic N) is 3. The lowest BCUT2D eigenvalue weighted by Gasteiger charge is -2.50. The van der Waals surface area contributed by atoms with Gasteiger partial charge in [-0.25, -0.2) is 4.79 Å². The highest BCUT2D eigenvalue weighted by Crippen LogP contribution is 2.45. The van der Waals surface area contributed by atoms with Crippen LogP contribution in [0.5, 0.6) is 5.75 Å². The first-order chi connectivity index (χ1) is 17.5. The lowest BCUT2D eigenvalue weighted by atomic mass is 9.90. The van der Waals surface area contributed by atoms with E-state index in [0.717, 1.165) is 30.9 Å². The molecule has 3 amide bonds. The molecule has 0 radical (unpaired) electrons. The summed E-state index contributed by atoms with van der Waals surface area (Å²) in [5.74, 6) is 0.772. The smallest absolute Gasteiger partial charge is 0.325 e. The van der Waals surface area contributed by atoms with E-state index in [1.807, 2.05) is 66.4 Å². The number of ether oxygens (including phenoxy) is 1. The van der Waals surface area contributed by atoms with Crippen molar-refractivity contribution in [2.45, 2.75) is 31.7 Å². The van der Waals surface area contributed by atoms with E-state index in [-0.39, 0.29) is 18.0 Å². The number of nitrogens with one attached hydrogen (secondary N) is 1. The van der Waals surface area contributed by atoms with E-state index in [9.17, 15) is 9.59 Å². The molecule has 6 rings (SSSR count). The molecule has 2 saturated heterocycles. The van der Waals surface area contributed by atoms with Crippen molar-refractivity contribution in [1.82, 2.24) is 15.1 Å². The van der Waals surface area contributed by atoms with Crippen molar-refractivity contribution in [2.75, 3.05) is 31.1 Å². The highest BCUT2D eigenvalue weighted by atomic mass is 16.5. The summed E-state index contributed by atoms with van der Waals surface area (Å²) >= 11 is 0. The highest BCUT2D eigenvalue weighted by molar-refractivity contribution is 5.99. The van der Waals surface area contributed by atoms with Crippen LogP contribution in [0.15, 0.2) is 78.9 Å². The number of benzene rings is 3. The normalized spacial score (nSPS) is 23.5. The molecular weight excluding hydrogens is 452 g/mol. The molecule has 3 aliphatic rings. The monoisotopic (exact) mass is 482 g/mol. The molecule has 7 nitrogen and oxygen atoms in total. The molecular formula is C29H30N4O3. The highest BCUT2D eigenvalue weighted by Gasteiger charge is 2.49. The molecule has 36 heavy (non-hydrogen) atoms. The quantitative estimate of drug-likeness (QED) is 0.598.